The second-order valence-electron chi connectivity index (χ2n) is 4.58. The predicted molar refractivity (Wildman–Crippen MR) is 76.5 cm³/mol. The highest BCUT2D eigenvalue weighted by Gasteiger charge is 2.20. The van der Waals surface area contributed by atoms with Crippen LogP contribution in [0.1, 0.15) is 23.6 Å². The number of methoxy groups -OCH3 is 1. The van der Waals surface area contributed by atoms with E-state index >= 15 is 0 Å². The molecule has 0 saturated carbocycles. The van der Waals surface area contributed by atoms with Crippen LogP contribution in [0.3, 0.4) is 0 Å². The summed E-state index contributed by atoms with van der Waals surface area (Å²) in [4.78, 5) is 0. The minimum Gasteiger partial charge on any atom is -0.497 e. The lowest BCUT2D eigenvalue weighted by atomic mass is 9.99. The first-order chi connectivity index (χ1) is 9.36. The molecule has 3 heteroatoms. The van der Waals surface area contributed by atoms with E-state index < -0.39 is 0 Å². The molecule has 2 aromatic rings. The minimum absolute atomic E-state index is 0.251. The summed E-state index contributed by atoms with van der Waals surface area (Å²) in [6, 6.07) is 18.7. The number of hydrogen-bond donors (Lipinski definition) is 1. The second-order valence-corrected chi connectivity index (χ2v) is 4.58. The third kappa shape index (κ3) is 2.45. The van der Waals surface area contributed by atoms with Gasteiger partial charge in [-0.3, -0.25) is 0 Å². The van der Waals surface area contributed by atoms with Crippen molar-refractivity contribution in [1.29, 1.82) is 0 Å². The van der Waals surface area contributed by atoms with Gasteiger partial charge in [0, 0.05) is 6.42 Å². The molecule has 0 fully saturated rings. The van der Waals surface area contributed by atoms with Gasteiger partial charge in [-0.05, 0) is 23.3 Å². The Labute approximate surface area is 112 Å². The van der Waals surface area contributed by atoms with E-state index in [1.165, 1.54) is 11.1 Å². The van der Waals surface area contributed by atoms with Crippen LogP contribution in [-0.2, 0) is 0 Å². The molecule has 1 N–H and O–H groups in total. The highest BCUT2D eigenvalue weighted by atomic mass is 16.5. The molecule has 0 spiro atoms. The summed E-state index contributed by atoms with van der Waals surface area (Å²) < 4.78 is 5.17. The molecule has 0 bridgehead atoms. The molecular weight excluding hydrogens is 236 g/mol. The van der Waals surface area contributed by atoms with E-state index in [2.05, 4.69) is 34.8 Å². The van der Waals surface area contributed by atoms with Crippen molar-refractivity contribution >= 4 is 5.71 Å². The maximum Gasteiger partial charge on any atom is 0.118 e. The average Bonchev–Trinajstić information content (AvgIpc) is 2.98. The summed E-state index contributed by atoms with van der Waals surface area (Å²) in [5.41, 5.74) is 6.74. The van der Waals surface area contributed by atoms with Gasteiger partial charge in [0.1, 0.15) is 5.75 Å². The molecule has 0 radical (unpaired) electrons. The topological polar surface area (TPSA) is 33.6 Å². The molecule has 1 aliphatic rings. The first-order valence-electron chi connectivity index (χ1n) is 6.38. The fourth-order valence-electron chi connectivity index (χ4n) is 2.28. The van der Waals surface area contributed by atoms with Crippen molar-refractivity contribution in [2.75, 3.05) is 7.11 Å². The monoisotopic (exact) mass is 252 g/mol. The Balaban J connectivity index is 1.73. The van der Waals surface area contributed by atoms with Crippen LogP contribution in [0.5, 0.6) is 5.75 Å². The van der Waals surface area contributed by atoms with Gasteiger partial charge in [0.15, 0.2) is 0 Å². The summed E-state index contributed by atoms with van der Waals surface area (Å²) >= 11 is 0. The largest absolute Gasteiger partial charge is 0.497 e. The van der Waals surface area contributed by atoms with E-state index in [1.807, 2.05) is 30.3 Å². The lowest BCUT2D eigenvalue weighted by Gasteiger charge is -2.10. The van der Waals surface area contributed by atoms with E-state index in [0.717, 1.165) is 17.9 Å². The maximum absolute atomic E-state index is 5.17. The fourth-order valence-corrected chi connectivity index (χ4v) is 2.28. The van der Waals surface area contributed by atoms with Crippen molar-refractivity contribution in [3.63, 3.8) is 0 Å². The zero-order valence-corrected chi connectivity index (χ0v) is 10.8. The van der Waals surface area contributed by atoms with Crippen molar-refractivity contribution in [3.05, 3.63) is 65.7 Å². The normalized spacial score (nSPS) is 17.7. The smallest absolute Gasteiger partial charge is 0.118 e. The van der Waals surface area contributed by atoms with Crippen LogP contribution in [0.25, 0.3) is 0 Å². The van der Waals surface area contributed by atoms with Gasteiger partial charge in [-0.2, -0.15) is 5.10 Å². The fraction of sp³-hybridized carbons (Fsp3) is 0.188. The highest BCUT2D eigenvalue weighted by molar-refractivity contribution is 6.01. The molecule has 19 heavy (non-hydrogen) atoms. The number of hydrogen-bond acceptors (Lipinski definition) is 3. The lowest BCUT2D eigenvalue weighted by Crippen LogP contribution is -2.09. The molecule has 96 valence electrons. The minimum atomic E-state index is 0.251. The van der Waals surface area contributed by atoms with E-state index in [4.69, 9.17) is 4.74 Å². The molecule has 0 amide bonds. The van der Waals surface area contributed by atoms with Crippen LogP contribution in [0, 0.1) is 0 Å². The molecule has 1 atom stereocenters. The number of rotatable bonds is 3. The molecule has 0 aliphatic carbocycles. The summed E-state index contributed by atoms with van der Waals surface area (Å²) in [6.07, 6.45) is 0.913. The van der Waals surface area contributed by atoms with Crippen LogP contribution in [-0.4, -0.2) is 12.8 Å². The van der Waals surface area contributed by atoms with Gasteiger partial charge >= 0.3 is 0 Å². The number of hydrazone groups is 1. The number of nitrogens with one attached hydrogen (secondary N) is 1. The molecule has 1 aliphatic heterocycles. The first-order valence-corrected chi connectivity index (χ1v) is 6.38. The van der Waals surface area contributed by atoms with Gasteiger partial charge in [0.2, 0.25) is 0 Å². The Morgan fingerprint density at radius 3 is 2.47 bits per heavy atom. The van der Waals surface area contributed by atoms with Crippen LogP contribution in [0.2, 0.25) is 0 Å². The van der Waals surface area contributed by atoms with Crippen LogP contribution in [0.4, 0.5) is 0 Å². The zero-order chi connectivity index (χ0) is 13.1. The average molecular weight is 252 g/mol. The standard InChI is InChI=1S/C16H16N2O/c1-19-14-9-7-13(8-10-14)16-11-15(17-18-16)12-5-3-2-4-6-12/h2-10,16,18H,11H2,1H3. The highest BCUT2D eigenvalue weighted by Crippen LogP contribution is 2.25. The molecular formula is C16H16N2O. The van der Waals surface area contributed by atoms with E-state index in [1.54, 1.807) is 7.11 Å². The Morgan fingerprint density at radius 2 is 1.79 bits per heavy atom. The molecule has 0 aromatic heterocycles. The summed E-state index contributed by atoms with van der Waals surface area (Å²) in [7, 11) is 1.68. The Morgan fingerprint density at radius 1 is 1.05 bits per heavy atom. The van der Waals surface area contributed by atoms with E-state index in [9.17, 15) is 0 Å². The summed E-state index contributed by atoms with van der Waals surface area (Å²) in [5.74, 6) is 0.881. The van der Waals surface area contributed by atoms with Crippen LogP contribution >= 0.6 is 0 Å². The molecule has 1 unspecified atom stereocenters. The van der Waals surface area contributed by atoms with E-state index in [0.29, 0.717) is 0 Å². The third-order valence-electron chi connectivity index (χ3n) is 3.38. The number of benzene rings is 2. The lowest BCUT2D eigenvalue weighted by molar-refractivity contribution is 0.414. The van der Waals surface area contributed by atoms with Crippen LogP contribution < -0.4 is 10.2 Å². The summed E-state index contributed by atoms with van der Waals surface area (Å²) in [6.45, 7) is 0. The third-order valence-corrected chi connectivity index (χ3v) is 3.38. The van der Waals surface area contributed by atoms with Crippen LogP contribution in [0.15, 0.2) is 59.7 Å². The maximum atomic E-state index is 5.17. The molecule has 3 nitrogen and oxygen atoms in total. The van der Waals surface area contributed by atoms with Crippen molar-refractivity contribution < 1.29 is 4.74 Å². The van der Waals surface area contributed by atoms with Crippen molar-refractivity contribution in [1.82, 2.24) is 5.43 Å². The molecule has 0 saturated heterocycles. The van der Waals surface area contributed by atoms with Gasteiger partial charge < -0.3 is 10.2 Å². The van der Waals surface area contributed by atoms with Crippen molar-refractivity contribution in [2.45, 2.75) is 12.5 Å². The second kappa shape index (κ2) is 5.14. The Bertz CT molecular complexity index is 575. The molecule has 1 heterocycles. The number of ether oxygens (including phenoxy) is 1. The zero-order valence-electron chi connectivity index (χ0n) is 10.8. The van der Waals surface area contributed by atoms with E-state index in [-0.39, 0.29) is 6.04 Å². The Kier molecular flexibility index (Phi) is 3.19. The predicted octanol–water partition coefficient (Wildman–Crippen LogP) is 3.13. The number of nitrogens with zero attached hydrogens (tertiary/aromatic N) is 1. The molecule has 2 aromatic carbocycles. The SMILES string of the molecule is COc1ccc(C2CC(c3ccccc3)=NN2)cc1. The quantitative estimate of drug-likeness (QED) is 0.910. The molecule has 3 rings (SSSR count). The van der Waals surface area contributed by atoms with Gasteiger partial charge in [0.05, 0.1) is 18.9 Å². The Hall–Kier alpha value is -2.29. The van der Waals surface area contributed by atoms with Gasteiger partial charge in [-0.1, -0.05) is 42.5 Å². The van der Waals surface area contributed by atoms with Gasteiger partial charge in [0.25, 0.3) is 0 Å². The van der Waals surface area contributed by atoms with Crippen molar-refractivity contribution in [3.8, 4) is 5.75 Å². The first kappa shape index (κ1) is 11.8. The van der Waals surface area contributed by atoms with Gasteiger partial charge in [-0.15, -0.1) is 0 Å². The van der Waals surface area contributed by atoms with Gasteiger partial charge in [-0.25, -0.2) is 0 Å². The van der Waals surface area contributed by atoms with Crippen molar-refractivity contribution in [2.24, 2.45) is 5.10 Å². The summed E-state index contributed by atoms with van der Waals surface area (Å²) in [5, 5.41) is 4.44.